The molecule has 168 valence electrons. The zero-order valence-electron chi connectivity index (χ0n) is 15.0. The second kappa shape index (κ2) is 7.92. The van der Waals surface area contributed by atoms with Gasteiger partial charge in [0, 0.05) is 6.42 Å². The maximum absolute atomic E-state index is 13.7. The highest BCUT2D eigenvalue weighted by molar-refractivity contribution is 5.25. The molecule has 0 bridgehead atoms. The lowest BCUT2D eigenvalue weighted by Gasteiger charge is -2.37. The number of alkyl halides is 11. The van der Waals surface area contributed by atoms with Crippen molar-refractivity contribution < 1.29 is 53.4 Å². The van der Waals surface area contributed by atoms with Gasteiger partial charge in [-0.05, 0) is 23.5 Å². The smallest absolute Gasteiger partial charge is 0.388 e. The van der Waals surface area contributed by atoms with Crippen LogP contribution in [0.2, 0.25) is 0 Å². The molecule has 0 aromatic heterocycles. The average molecular weight is 446 g/mol. The third-order valence-electron chi connectivity index (χ3n) is 4.06. The summed E-state index contributed by atoms with van der Waals surface area (Å²) >= 11 is 0. The quantitative estimate of drug-likeness (QED) is 0.458. The van der Waals surface area contributed by atoms with E-state index in [0.717, 1.165) is 12.1 Å². The lowest BCUT2D eigenvalue weighted by Crippen LogP contribution is -2.66. The van der Waals surface area contributed by atoms with Gasteiger partial charge >= 0.3 is 29.9 Å². The summed E-state index contributed by atoms with van der Waals surface area (Å²) in [6.07, 6.45) is -11.7. The van der Waals surface area contributed by atoms with Crippen molar-refractivity contribution in [2.75, 3.05) is 0 Å². The number of benzene rings is 1. The predicted octanol–water partition coefficient (Wildman–Crippen LogP) is 6.41. The van der Waals surface area contributed by atoms with E-state index in [9.17, 15) is 53.4 Å². The molecule has 0 heterocycles. The number of aliphatic hydroxyl groups excluding tert-OH is 1. The molecule has 29 heavy (non-hydrogen) atoms. The van der Waals surface area contributed by atoms with Gasteiger partial charge in [-0.2, -0.15) is 48.3 Å². The fourth-order valence-corrected chi connectivity index (χ4v) is 2.44. The van der Waals surface area contributed by atoms with Crippen LogP contribution in [0.3, 0.4) is 0 Å². The van der Waals surface area contributed by atoms with Crippen LogP contribution in [0, 0.1) is 5.92 Å². The first-order valence-corrected chi connectivity index (χ1v) is 8.13. The first-order chi connectivity index (χ1) is 12.8. The molecule has 0 aliphatic rings. The summed E-state index contributed by atoms with van der Waals surface area (Å²) in [7, 11) is 0. The number of halogens is 11. The van der Waals surface area contributed by atoms with Gasteiger partial charge in [-0.1, -0.05) is 38.1 Å². The van der Waals surface area contributed by atoms with Crippen LogP contribution in [0.4, 0.5) is 48.3 Å². The highest BCUT2D eigenvalue weighted by Crippen LogP contribution is 2.58. The molecule has 0 aliphatic carbocycles. The van der Waals surface area contributed by atoms with Crippen LogP contribution >= 0.6 is 0 Å². The Labute approximate surface area is 158 Å². The van der Waals surface area contributed by atoms with Crippen LogP contribution in [-0.2, 0) is 6.42 Å². The van der Waals surface area contributed by atoms with E-state index in [1.807, 2.05) is 13.8 Å². The minimum atomic E-state index is -7.47. The van der Waals surface area contributed by atoms with E-state index < -0.39 is 48.0 Å². The molecule has 0 amide bonds. The van der Waals surface area contributed by atoms with Crippen molar-refractivity contribution in [3.05, 3.63) is 35.4 Å². The molecule has 0 aliphatic heterocycles. The van der Waals surface area contributed by atoms with E-state index >= 15 is 0 Å². The second-order valence-corrected chi connectivity index (χ2v) is 6.98. The molecule has 0 saturated heterocycles. The second-order valence-electron chi connectivity index (χ2n) is 6.98. The van der Waals surface area contributed by atoms with Gasteiger partial charge in [0.1, 0.15) is 0 Å². The van der Waals surface area contributed by atoms with Gasteiger partial charge in [0.2, 0.25) is 0 Å². The maximum atomic E-state index is 13.7. The highest BCUT2D eigenvalue weighted by Gasteiger charge is 2.87. The van der Waals surface area contributed by atoms with E-state index in [1.54, 1.807) is 0 Å². The summed E-state index contributed by atoms with van der Waals surface area (Å²) in [5.74, 6) is -27.9. The van der Waals surface area contributed by atoms with Gasteiger partial charge in [0.25, 0.3) is 0 Å². The summed E-state index contributed by atoms with van der Waals surface area (Å²) in [5, 5.41) is 9.65. The van der Waals surface area contributed by atoms with Crippen molar-refractivity contribution >= 4 is 0 Å². The van der Waals surface area contributed by atoms with E-state index in [2.05, 4.69) is 0 Å². The zero-order valence-corrected chi connectivity index (χ0v) is 15.0. The van der Waals surface area contributed by atoms with Crippen LogP contribution in [0.25, 0.3) is 0 Å². The third-order valence-corrected chi connectivity index (χ3v) is 4.06. The summed E-state index contributed by atoms with van der Waals surface area (Å²) in [5.41, 5.74) is 0.239. The van der Waals surface area contributed by atoms with Gasteiger partial charge in [0.05, 0.1) is 6.10 Å². The summed E-state index contributed by atoms with van der Waals surface area (Å²) in [6, 6.07) is 4.72. The van der Waals surface area contributed by atoms with Gasteiger partial charge in [-0.25, -0.2) is 0 Å². The molecule has 0 fully saturated rings. The monoisotopic (exact) mass is 446 g/mol. The Bertz CT molecular complexity index is 678. The van der Waals surface area contributed by atoms with Crippen LogP contribution in [0.5, 0.6) is 0 Å². The van der Waals surface area contributed by atoms with Crippen molar-refractivity contribution in [2.24, 2.45) is 5.92 Å². The Morgan fingerprint density at radius 1 is 0.724 bits per heavy atom. The maximum Gasteiger partial charge on any atom is 0.460 e. The molecule has 0 saturated carbocycles. The third kappa shape index (κ3) is 4.77. The van der Waals surface area contributed by atoms with E-state index in [0.29, 0.717) is 12.0 Å². The predicted molar refractivity (Wildman–Crippen MR) is 80.4 cm³/mol. The van der Waals surface area contributed by atoms with E-state index in [-0.39, 0.29) is 5.92 Å². The lowest BCUT2D eigenvalue weighted by molar-refractivity contribution is -0.423. The van der Waals surface area contributed by atoms with Crippen LogP contribution in [0.1, 0.15) is 37.5 Å². The Kier molecular flexibility index (Phi) is 6.95. The van der Waals surface area contributed by atoms with Gasteiger partial charge < -0.3 is 5.11 Å². The first-order valence-electron chi connectivity index (χ1n) is 8.13. The van der Waals surface area contributed by atoms with E-state index in [4.69, 9.17) is 0 Å². The average Bonchev–Trinajstić information content (AvgIpc) is 2.52. The molecule has 1 nitrogen and oxygen atoms in total. The van der Waals surface area contributed by atoms with Gasteiger partial charge in [0.15, 0.2) is 0 Å². The Hall–Kier alpha value is -1.59. The number of aliphatic hydroxyl groups is 1. The summed E-state index contributed by atoms with van der Waals surface area (Å²) in [6.45, 7) is 3.70. The number of hydrogen-bond acceptors (Lipinski definition) is 1. The normalized spacial score (nSPS) is 15.7. The minimum Gasteiger partial charge on any atom is -0.388 e. The highest BCUT2D eigenvalue weighted by atomic mass is 19.4. The zero-order chi connectivity index (χ0) is 23.1. The Balaban J connectivity index is 3.13. The van der Waals surface area contributed by atoms with Crippen molar-refractivity contribution in [3.8, 4) is 0 Å². The topological polar surface area (TPSA) is 20.2 Å². The molecule has 12 heteroatoms. The summed E-state index contributed by atoms with van der Waals surface area (Å²) < 4.78 is 143. The van der Waals surface area contributed by atoms with Crippen molar-refractivity contribution in [1.29, 1.82) is 0 Å². The fourth-order valence-electron chi connectivity index (χ4n) is 2.44. The molecule has 1 aromatic rings. The van der Waals surface area contributed by atoms with E-state index in [1.165, 1.54) is 12.1 Å². The largest absolute Gasteiger partial charge is 0.460 e. The molecular formula is C17H17F11O. The SMILES string of the molecule is CC(C)Cc1ccc(C(O)CC(F)(F)C(F)(F)C(F)(F)C(F)(F)C(F)(F)F)cc1. The molecule has 1 unspecified atom stereocenters. The minimum absolute atomic E-state index is 0.186. The molecule has 1 rings (SSSR count). The molecule has 1 aromatic carbocycles. The first kappa shape index (κ1) is 25.4. The van der Waals surface area contributed by atoms with Crippen molar-refractivity contribution in [3.63, 3.8) is 0 Å². The Morgan fingerprint density at radius 2 is 1.17 bits per heavy atom. The van der Waals surface area contributed by atoms with Crippen LogP contribution in [0.15, 0.2) is 24.3 Å². The summed E-state index contributed by atoms with van der Waals surface area (Å²) in [4.78, 5) is 0. The van der Waals surface area contributed by atoms with Gasteiger partial charge in [-0.3, -0.25) is 0 Å². The van der Waals surface area contributed by atoms with Crippen molar-refractivity contribution in [1.82, 2.24) is 0 Å². The van der Waals surface area contributed by atoms with Crippen molar-refractivity contribution in [2.45, 2.75) is 62.7 Å². The van der Waals surface area contributed by atoms with Crippen LogP contribution < -0.4 is 0 Å². The molecule has 0 spiro atoms. The number of hydrogen-bond donors (Lipinski definition) is 1. The van der Waals surface area contributed by atoms with Gasteiger partial charge in [-0.15, -0.1) is 0 Å². The Morgan fingerprint density at radius 3 is 1.55 bits per heavy atom. The molecule has 1 N–H and O–H groups in total. The number of rotatable bonds is 8. The van der Waals surface area contributed by atoms with Crippen LogP contribution in [-0.4, -0.2) is 35.0 Å². The lowest BCUT2D eigenvalue weighted by atomic mass is 9.92. The molecule has 0 radical (unpaired) electrons. The standard InChI is InChI=1S/C17H17F11O/c1-9(2)7-10-3-5-11(6-4-10)12(29)8-13(18,19)14(20,21)15(22,23)16(24,25)17(26,27)28/h3-6,9,12,29H,7-8H2,1-2H3. The molecule has 1 atom stereocenters. The molecular weight excluding hydrogens is 429 g/mol. The fraction of sp³-hybridized carbons (Fsp3) is 0.647.